The summed E-state index contributed by atoms with van der Waals surface area (Å²) in [5.74, 6) is 1.74. The Labute approximate surface area is 163 Å². The predicted octanol–water partition coefficient (Wildman–Crippen LogP) is 3.62. The predicted molar refractivity (Wildman–Crippen MR) is 108 cm³/mol. The lowest BCUT2D eigenvalue weighted by Gasteiger charge is -2.26. The van der Waals surface area contributed by atoms with Crippen LogP contribution >= 0.6 is 11.8 Å². The summed E-state index contributed by atoms with van der Waals surface area (Å²) in [4.78, 5) is 2.48. The van der Waals surface area contributed by atoms with E-state index in [1.165, 1.54) is 5.56 Å². The highest BCUT2D eigenvalue weighted by molar-refractivity contribution is 8.00. The number of nitrogens with zero attached hydrogens (tertiary/aromatic N) is 4. The first-order valence-corrected chi connectivity index (χ1v) is 9.93. The van der Waals surface area contributed by atoms with Gasteiger partial charge in [-0.1, -0.05) is 24.3 Å². The first kappa shape index (κ1) is 18.1. The van der Waals surface area contributed by atoms with E-state index in [-0.39, 0.29) is 5.37 Å². The lowest BCUT2D eigenvalue weighted by Crippen LogP contribution is -2.24. The van der Waals surface area contributed by atoms with Gasteiger partial charge in [0.05, 0.1) is 30.7 Å². The van der Waals surface area contributed by atoms with Gasteiger partial charge in [-0.3, -0.25) is 4.90 Å². The SMILES string of the molecule is COc1cccc(OC)c1C1SC(C)CN1Cc1ccc2c(c1)nnn2C. The maximum Gasteiger partial charge on any atom is 0.128 e. The number of thioether (sulfide) groups is 1. The largest absolute Gasteiger partial charge is 0.496 e. The second-order valence-corrected chi connectivity index (χ2v) is 8.36. The topological polar surface area (TPSA) is 52.4 Å². The van der Waals surface area contributed by atoms with Crippen LogP contribution in [-0.4, -0.2) is 45.9 Å². The minimum absolute atomic E-state index is 0.184. The molecule has 2 heterocycles. The molecule has 2 aromatic carbocycles. The van der Waals surface area contributed by atoms with Crippen LogP contribution < -0.4 is 9.47 Å². The standard InChI is InChI=1S/C20H24N4O2S/c1-13-11-24(12-14-8-9-16-15(10-14)21-22-23(16)2)20(27-13)19-17(25-3)6-5-7-18(19)26-4/h5-10,13,20H,11-12H2,1-4H3. The Balaban J connectivity index is 1.67. The molecule has 0 N–H and O–H groups in total. The molecular weight excluding hydrogens is 360 g/mol. The molecule has 3 aromatic rings. The Bertz CT molecular complexity index is 936. The van der Waals surface area contributed by atoms with Crippen LogP contribution in [0.2, 0.25) is 0 Å². The zero-order chi connectivity index (χ0) is 19.0. The van der Waals surface area contributed by atoms with Gasteiger partial charge in [-0.05, 0) is 29.8 Å². The first-order valence-electron chi connectivity index (χ1n) is 8.99. The lowest BCUT2D eigenvalue weighted by molar-refractivity contribution is 0.262. The number of aryl methyl sites for hydroxylation is 1. The molecule has 27 heavy (non-hydrogen) atoms. The number of ether oxygens (including phenoxy) is 2. The molecule has 0 saturated carbocycles. The van der Waals surface area contributed by atoms with E-state index in [4.69, 9.17) is 9.47 Å². The summed E-state index contributed by atoms with van der Waals surface area (Å²) < 4.78 is 13.1. The molecule has 2 unspecified atom stereocenters. The molecule has 0 amide bonds. The smallest absolute Gasteiger partial charge is 0.128 e. The molecule has 0 spiro atoms. The molecule has 0 radical (unpaired) electrons. The van der Waals surface area contributed by atoms with Gasteiger partial charge in [-0.2, -0.15) is 0 Å². The number of rotatable bonds is 5. The monoisotopic (exact) mass is 384 g/mol. The van der Waals surface area contributed by atoms with E-state index < -0.39 is 0 Å². The van der Waals surface area contributed by atoms with E-state index in [2.05, 4.69) is 40.3 Å². The Morgan fingerprint density at radius 3 is 2.59 bits per heavy atom. The van der Waals surface area contributed by atoms with Crippen molar-refractivity contribution in [3.63, 3.8) is 0 Å². The van der Waals surface area contributed by atoms with Crippen LogP contribution in [0.15, 0.2) is 36.4 Å². The number of fused-ring (bicyclic) bond motifs is 1. The fourth-order valence-electron chi connectivity index (χ4n) is 3.72. The van der Waals surface area contributed by atoms with Crippen LogP contribution in [-0.2, 0) is 13.6 Å². The molecule has 1 saturated heterocycles. The summed E-state index contributed by atoms with van der Waals surface area (Å²) in [6.45, 7) is 4.12. The van der Waals surface area contributed by atoms with Crippen molar-refractivity contribution < 1.29 is 9.47 Å². The van der Waals surface area contributed by atoms with Crippen LogP contribution in [0.1, 0.15) is 23.4 Å². The van der Waals surface area contributed by atoms with E-state index in [1.54, 1.807) is 18.9 Å². The van der Waals surface area contributed by atoms with E-state index in [1.807, 2.05) is 37.0 Å². The van der Waals surface area contributed by atoms with Crippen molar-refractivity contribution in [2.75, 3.05) is 20.8 Å². The molecule has 2 atom stereocenters. The van der Waals surface area contributed by atoms with Crippen molar-refractivity contribution in [3.8, 4) is 11.5 Å². The minimum Gasteiger partial charge on any atom is -0.496 e. The van der Waals surface area contributed by atoms with Crippen LogP contribution in [0.5, 0.6) is 11.5 Å². The Hall–Kier alpha value is -2.25. The van der Waals surface area contributed by atoms with Gasteiger partial charge >= 0.3 is 0 Å². The van der Waals surface area contributed by atoms with Crippen LogP contribution in [0.25, 0.3) is 11.0 Å². The third-order valence-electron chi connectivity index (χ3n) is 4.96. The molecule has 7 heteroatoms. The first-order chi connectivity index (χ1) is 13.1. The van der Waals surface area contributed by atoms with Crippen molar-refractivity contribution in [2.45, 2.75) is 24.1 Å². The van der Waals surface area contributed by atoms with Crippen molar-refractivity contribution in [2.24, 2.45) is 7.05 Å². The number of aromatic nitrogens is 3. The van der Waals surface area contributed by atoms with Crippen molar-refractivity contribution in [1.29, 1.82) is 0 Å². The summed E-state index contributed by atoms with van der Waals surface area (Å²) in [6, 6.07) is 12.4. The molecule has 1 aliphatic rings. The highest BCUT2D eigenvalue weighted by atomic mass is 32.2. The number of methoxy groups -OCH3 is 2. The average Bonchev–Trinajstić information content (AvgIpc) is 3.23. The van der Waals surface area contributed by atoms with Gasteiger partial charge in [-0.25, -0.2) is 4.68 Å². The normalized spacial score (nSPS) is 20.3. The minimum atomic E-state index is 0.184. The second kappa shape index (κ2) is 7.40. The maximum absolute atomic E-state index is 5.65. The molecule has 0 bridgehead atoms. The maximum atomic E-state index is 5.65. The fraction of sp³-hybridized carbons (Fsp3) is 0.400. The van der Waals surface area contributed by atoms with Gasteiger partial charge in [0.15, 0.2) is 0 Å². The van der Waals surface area contributed by atoms with Crippen molar-refractivity contribution in [1.82, 2.24) is 19.9 Å². The highest BCUT2D eigenvalue weighted by Crippen LogP contribution is 2.49. The van der Waals surface area contributed by atoms with E-state index in [0.29, 0.717) is 5.25 Å². The molecule has 0 aliphatic carbocycles. The molecule has 6 nitrogen and oxygen atoms in total. The van der Waals surface area contributed by atoms with E-state index >= 15 is 0 Å². The van der Waals surface area contributed by atoms with Crippen LogP contribution in [0.3, 0.4) is 0 Å². The Kier molecular flexibility index (Phi) is 4.97. The molecular formula is C20H24N4O2S. The molecule has 4 rings (SSSR count). The van der Waals surface area contributed by atoms with Crippen molar-refractivity contribution in [3.05, 3.63) is 47.5 Å². The van der Waals surface area contributed by atoms with Crippen LogP contribution in [0, 0.1) is 0 Å². The van der Waals surface area contributed by atoms with Crippen molar-refractivity contribution >= 4 is 22.8 Å². The average molecular weight is 385 g/mol. The van der Waals surface area contributed by atoms with Gasteiger partial charge in [0.2, 0.25) is 0 Å². The van der Waals surface area contributed by atoms with Gasteiger partial charge in [0.25, 0.3) is 0 Å². The highest BCUT2D eigenvalue weighted by Gasteiger charge is 2.35. The Morgan fingerprint density at radius 2 is 1.89 bits per heavy atom. The number of benzene rings is 2. The quantitative estimate of drug-likeness (QED) is 0.670. The number of hydrogen-bond donors (Lipinski definition) is 0. The number of hydrogen-bond acceptors (Lipinski definition) is 6. The summed E-state index contributed by atoms with van der Waals surface area (Å²) >= 11 is 1.95. The van der Waals surface area contributed by atoms with Gasteiger partial charge in [0, 0.05) is 25.4 Å². The Morgan fingerprint density at radius 1 is 1.15 bits per heavy atom. The van der Waals surface area contributed by atoms with E-state index in [9.17, 15) is 0 Å². The summed E-state index contributed by atoms with van der Waals surface area (Å²) in [5.41, 5.74) is 4.32. The third kappa shape index (κ3) is 3.37. The molecule has 1 aromatic heterocycles. The lowest BCUT2D eigenvalue weighted by atomic mass is 10.1. The molecule has 1 aliphatic heterocycles. The zero-order valence-corrected chi connectivity index (χ0v) is 16.9. The van der Waals surface area contributed by atoms with Gasteiger partial charge < -0.3 is 9.47 Å². The summed E-state index contributed by atoms with van der Waals surface area (Å²) in [7, 11) is 5.35. The van der Waals surface area contributed by atoms with Gasteiger partial charge in [-0.15, -0.1) is 16.9 Å². The molecule has 1 fully saturated rings. The summed E-state index contributed by atoms with van der Waals surface area (Å²) in [6.07, 6.45) is 0. The van der Waals surface area contributed by atoms with Gasteiger partial charge in [0.1, 0.15) is 17.0 Å². The fourth-order valence-corrected chi connectivity index (χ4v) is 5.13. The van der Waals surface area contributed by atoms with Crippen LogP contribution in [0.4, 0.5) is 0 Å². The van der Waals surface area contributed by atoms with E-state index in [0.717, 1.165) is 41.2 Å². The third-order valence-corrected chi connectivity index (χ3v) is 6.36. The second-order valence-electron chi connectivity index (χ2n) is 6.84. The summed E-state index contributed by atoms with van der Waals surface area (Å²) in [5, 5.41) is 9.07. The molecule has 142 valence electrons. The zero-order valence-electron chi connectivity index (χ0n) is 16.0.